The summed E-state index contributed by atoms with van der Waals surface area (Å²) in [6.07, 6.45) is 0.318. The summed E-state index contributed by atoms with van der Waals surface area (Å²) in [7, 11) is 0. The summed E-state index contributed by atoms with van der Waals surface area (Å²) < 4.78 is 0. The van der Waals surface area contributed by atoms with Crippen molar-refractivity contribution in [3.8, 4) is 0 Å². The van der Waals surface area contributed by atoms with Gasteiger partial charge in [0.2, 0.25) is 5.91 Å². The second-order valence-corrected chi connectivity index (χ2v) is 5.38. The molecule has 0 aliphatic rings. The van der Waals surface area contributed by atoms with E-state index < -0.39 is 0 Å². The van der Waals surface area contributed by atoms with E-state index in [1.807, 2.05) is 56.3 Å². The van der Waals surface area contributed by atoms with Crippen LogP contribution in [-0.4, -0.2) is 11.8 Å². The number of benzene rings is 2. The van der Waals surface area contributed by atoms with Crippen LogP contribution in [0.3, 0.4) is 0 Å². The van der Waals surface area contributed by atoms with Crippen LogP contribution in [0.4, 0.5) is 0 Å². The number of carbonyl (C=O) groups is 2. The summed E-state index contributed by atoms with van der Waals surface area (Å²) in [6, 6.07) is 17.0. The lowest BCUT2D eigenvalue weighted by Gasteiger charge is -2.12. The van der Waals surface area contributed by atoms with Gasteiger partial charge in [0.15, 0.2) is 0 Å². The first kappa shape index (κ1) is 15.8. The molecule has 22 heavy (non-hydrogen) atoms. The molecule has 0 aromatic heterocycles. The van der Waals surface area contributed by atoms with E-state index in [9.17, 15) is 9.59 Å². The summed E-state index contributed by atoms with van der Waals surface area (Å²) in [5.41, 5.74) is 7.59. The number of hydrogen-bond acceptors (Lipinski definition) is 2. The van der Waals surface area contributed by atoms with Gasteiger partial charge in [-0.3, -0.25) is 20.4 Å². The van der Waals surface area contributed by atoms with Crippen LogP contribution in [0.1, 0.15) is 40.7 Å². The number of carbonyl (C=O) groups excluding carboxylic acids is 2. The van der Waals surface area contributed by atoms with Crippen molar-refractivity contribution in [2.75, 3.05) is 0 Å². The summed E-state index contributed by atoms with van der Waals surface area (Å²) in [4.78, 5) is 23.8. The monoisotopic (exact) mass is 296 g/mol. The molecule has 0 heterocycles. The van der Waals surface area contributed by atoms with Crippen molar-refractivity contribution in [1.29, 1.82) is 0 Å². The average molecular weight is 296 g/mol. The number of aryl methyl sites for hydroxylation is 1. The van der Waals surface area contributed by atoms with Gasteiger partial charge in [0.1, 0.15) is 0 Å². The van der Waals surface area contributed by atoms with Crippen LogP contribution in [-0.2, 0) is 4.79 Å². The zero-order chi connectivity index (χ0) is 15.9. The van der Waals surface area contributed by atoms with Gasteiger partial charge < -0.3 is 0 Å². The predicted octanol–water partition coefficient (Wildman–Crippen LogP) is 2.95. The Bertz CT molecular complexity index is 636. The SMILES string of the molecule is Cc1ccc(C(=O)NNC(=O)C[C@@H](C)c2ccccc2)cc1. The van der Waals surface area contributed by atoms with E-state index >= 15 is 0 Å². The normalized spacial score (nSPS) is 11.5. The quantitative estimate of drug-likeness (QED) is 0.852. The Kier molecular flexibility index (Phi) is 5.31. The number of hydrogen-bond donors (Lipinski definition) is 2. The molecule has 0 spiro atoms. The molecule has 2 aromatic rings. The number of nitrogens with one attached hydrogen (secondary N) is 2. The Morgan fingerprint density at radius 3 is 2.23 bits per heavy atom. The summed E-state index contributed by atoms with van der Waals surface area (Å²) in [5, 5.41) is 0. The van der Waals surface area contributed by atoms with Gasteiger partial charge in [-0.2, -0.15) is 0 Å². The lowest BCUT2D eigenvalue weighted by atomic mass is 9.98. The Balaban J connectivity index is 1.82. The fourth-order valence-electron chi connectivity index (χ4n) is 2.13. The fourth-order valence-corrected chi connectivity index (χ4v) is 2.13. The van der Waals surface area contributed by atoms with E-state index in [1.54, 1.807) is 12.1 Å². The third-order valence-corrected chi connectivity index (χ3v) is 3.49. The lowest BCUT2D eigenvalue weighted by molar-refractivity contribution is -0.122. The minimum absolute atomic E-state index is 0.0949. The molecule has 4 nitrogen and oxygen atoms in total. The number of rotatable bonds is 4. The molecule has 0 bridgehead atoms. The van der Waals surface area contributed by atoms with Crippen molar-refractivity contribution in [1.82, 2.24) is 10.9 Å². The molecule has 0 aliphatic heterocycles. The van der Waals surface area contributed by atoms with E-state index in [2.05, 4.69) is 10.9 Å². The molecule has 2 amide bonds. The third-order valence-electron chi connectivity index (χ3n) is 3.49. The van der Waals surface area contributed by atoms with E-state index in [0.717, 1.165) is 11.1 Å². The van der Waals surface area contributed by atoms with E-state index in [-0.39, 0.29) is 17.7 Å². The molecular formula is C18H20N2O2. The second kappa shape index (κ2) is 7.41. The minimum Gasteiger partial charge on any atom is -0.273 e. The first-order valence-corrected chi connectivity index (χ1v) is 7.27. The summed E-state index contributed by atoms with van der Waals surface area (Å²) in [6.45, 7) is 3.94. The van der Waals surface area contributed by atoms with Crippen molar-refractivity contribution in [3.05, 3.63) is 71.3 Å². The molecule has 0 radical (unpaired) electrons. The van der Waals surface area contributed by atoms with E-state index in [0.29, 0.717) is 12.0 Å². The van der Waals surface area contributed by atoms with Crippen molar-refractivity contribution in [2.24, 2.45) is 0 Å². The molecule has 0 fully saturated rings. The highest BCUT2D eigenvalue weighted by atomic mass is 16.2. The van der Waals surface area contributed by atoms with E-state index in [4.69, 9.17) is 0 Å². The minimum atomic E-state index is -0.319. The first-order valence-electron chi connectivity index (χ1n) is 7.27. The molecule has 4 heteroatoms. The zero-order valence-corrected chi connectivity index (χ0v) is 12.8. The zero-order valence-electron chi connectivity index (χ0n) is 12.8. The van der Waals surface area contributed by atoms with Gasteiger partial charge in [0.25, 0.3) is 5.91 Å². The van der Waals surface area contributed by atoms with Gasteiger partial charge in [0, 0.05) is 12.0 Å². The van der Waals surface area contributed by atoms with Gasteiger partial charge in [-0.05, 0) is 30.5 Å². The largest absolute Gasteiger partial charge is 0.273 e. The van der Waals surface area contributed by atoms with Crippen LogP contribution in [0.15, 0.2) is 54.6 Å². The van der Waals surface area contributed by atoms with Crippen LogP contribution >= 0.6 is 0 Å². The van der Waals surface area contributed by atoms with Crippen LogP contribution in [0, 0.1) is 6.92 Å². The van der Waals surface area contributed by atoms with Crippen molar-refractivity contribution < 1.29 is 9.59 Å². The first-order chi connectivity index (χ1) is 10.6. The van der Waals surface area contributed by atoms with Gasteiger partial charge in [-0.1, -0.05) is 55.0 Å². The molecular weight excluding hydrogens is 276 g/mol. The molecule has 0 aliphatic carbocycles. The summed E-state index contributed by atoms with van der Waals surface area (Å²) in [5.74, 6) is -0.435. The van der Waals surface area contributed by atoms with Gasteiger partial charge in [-0.25, -0.2) is 0 Å². The van der Waals surface area contributed by atoms with Crippen LogP contribution in [0.2, 0.25) is 0 Å². The highest BCUT2D eigenvalue weighted by Crippen LogP contribution is 2.17. The Hall–Kier alpha value is -2.62. The Labute approximate surface area is 130 Å². The maximum atomic E-state index is 11.9. The maximum Gasteiger partial charge on any atom is 0.269 e. The molecule has 0 unspecified atom stereocenters. The molecule has 0 saturated carbocycles. The van der Waals surface area contributed by atoms with Crippen molar-refractivity contribution in [2.45, 2.75) is 26.2 Å². The van der Waals surface area contributed by atoms with Crippen LogP contribution < -0.4 is 10.9 Å². The van der Waals surface area contributed by atoms with Gasteiger partial charge >= 0.3 is 0 Å². The lowest BCUT2D eigenvalue weighted by Crippen LogP contribution is -2.41. The molecule has 2 N–H and O–H groups in total. The van der Waals surface area contributed by atoms with Crippen molar-refractivity contribution in [3.63, 3.8) is 0 Å². The molecule has 1 atom stereocenters. The van der Waals surface area contributed by atoms with Crippen molar-refractivity contribution >= 4 is 11.8 Å². The molecule has 2 rings (SSSR count). The maximum absolute atomic E-state index is 11.9. The van der Waals surface area contributed by atoms with Gasteiger partial charge in [-0.15, -0.1) is 0 Å². The molecule has 114 valence electrons. The highest BCUT2D eigenvalue weighted by molar-refractivity contribution is 5.95. The number of hydrazine groups is 1. The second-order valence-electron chi connectivity index (χ2n) is 5.38. The standard InChI is InChI=1S/C18H20N2O2/c1-13-8-10-16(11-9-13)18(22)20-19-17(21)12-14(2)15-6-4-3-5-7-15/h3-11,14H,12H2,1-2H3,(H,19,21)(H,20,22)/t14-/m1/s1. The van der Waals surface area contributed by atoms with Gasteiger partial charge in [0.05, 0.1) is 0 Å². The van der Waals surface area contributed by atoms with Crippen LogP contribution in [0.25, 0.3) is 0 Å². The van der Waals surface area contributed by atoms with Crippen LogP contribution in [0.5, 0.6) is 0 Å². The highest BCUT2D eigenvalue weighted by Gasteiger charge is 2.12. The molecule has 2 aromatic carbocycles. The predicted molar refractivity (Wildman–Crippen MR) is 86.3 cm³/mol. The molecule has 0 saturated heterocycles. The number of amides is 2. The Morgan fingerprint density at radius 2 is 1.59 bits per heavy atom. The smallest absolute Gasteiger partial charge is 0.269 e. The third kappa shape index (κ3) is 4.45. The average Bonchev–Trinajstić information content (AvgIpc) is 2.54. The fraction of sp³-hybridized carbons (Fsp3) is 0.222. The Morgan fingerprint density at radius 1 is 0.955 bits per heavy atom. The topological polar surface area (TPSA) is 58.2 Å². The summed E-state index contributed by atoms with van der Waals surface area (Å²) >= 11 is 0. The van der Waals surface area contributed by atoms with E-state index in [1.165, 1.54) is 0 Å².